The van der Waals surface area contributed by atoms with Crippen molar-refractivity contribution in [1.29, 1.82) is 0 Å². The first kappa shape index (κ1) is 14.2. The van der Waals surface area contributed by atoms with Crippen molar-refractivity contribution >= 4 is 5.91 Å². The normalized spacial score (nSPS) is 12.2. The number of amides is 1. The quantitative estimate of drug-likeness (QED) is 0.914. The third-order valence-corrected chi connectivity index (χ3v) is 2.78. The minimum Gasteiger partial charge on any atom is -0.392 e. The van der Waals surface area contributed by atoms with Gasteiger partial charge in [-0.25, -0.2) is 0 Å². The highest BCUT2D eigenvalue weighted by atomic mass is 16.5. The molecule has 0 spiro atoms. The number of rotatable bonds is 4. The second-order valence-corrected chi connectivity index (χ2v) is 4.75. The average Bonchev–Trinajstić information content (AvgIpc) is 2.84. The maximum absolute atomic E-state index is 12.2. The van der Waals surface area contributed by atoms with Gasteiger partial charge in [0.1, 0.15) is 0 Å². The number of hydrogen-bond acceptors (Lipinski definition) is 5. The van der Waals surface area contributed by atoms with Gasteiger partial charge in [-0.2, -0.15) is 4.98 Å². The van der Waals surface area contributed by atoms with Crippen LogP contribution in [0.3, 0.4) is 0 Å². The van der Waals surface area contributed by atoms with Gasteiger partial charge in [-0.1, -0.05) is 17.3 Å². The number of aryl methyl sites for hydroxylation is 1. The van der Waals surface area contributed by atoms with Crippen LogP contribution in [0.25, 0.3) is 11.4 Å². The molecule has 20 heavy (non-hydrogen) atoms. The lowest BCUT2D eigenvalue weighted by atomic mass is 10.1. The smallest absolute Gasteiger partial charge is 0.253 e. The molecule has 0 aliphatic heterocycles. The van der Waals surface area contributed by atoms with E-state index in [9.17, 15) is 9.90 Å². The van der Waals surface area contributed by atoms with Crippen LogP contribution in [-0.4, -0.2) is 45.8 Å². The molecule has 0 saturated heterocycles. The lowest BCUT2D eigenvalue weighted by Gasteiger charge is -2.18. The molecule has 0 saturated carbocycles. The van der Waals surface area contributed by atoms with Crippen LogP contribution in [-0.2, 0) is 0 Å². The van der Waals surface area contributed by atoms with E-state index in [0.717, 1.165) is 5.56 Å². The van der Waals surface area contributed by atoms with Crippen LogP contribution in [0, 0.1) is 6.92 Å². The standard InChI is InChI=1S/C14H17N3O3/c1-9(18)8-17(3)14(19)12-6-4-5-11(7-12)13-15-10(2)20-16-13/h4-7,9,18H,8H2,1-3H3. The number of hydrogen-bond donors (Lipinski definition) is 1. The molecule has 1 aromatic carbocycles. The third kappa shape index (κ3) is 3.21. The number of nitrogens with zero attached hydrogens (tertiary/aromatic N) is 3. The molecule has 6 nitrogen and oxygen atoms in total. The van der Waals surface area contributed by atoms with E-state index >= 15 is 0 Å². The van der Waals surface area contributed by atoms with Gasteiger partial charge in [0.25, 0.3) is 5.91 Å². The van der Waals surface area contributed by atoms with Gasteiger partial charge in [-0.05, 0) is 19.1 Å². The van der Waals surface area contributed by atoms with Gasteiger partial charge < -0.3 is 14.5 Å². The number of likely N-dealkylation sites (N-methyl/N-ethyl adjacent to an activating group) is 1. The Morgan fingerprint density at radius 3 is 2.85 bits per heavy atom. The summed E-state index contributed by atoms with van der Waals surface area (Å²) in [4.78, 5) is 17.8. The first-order chi connectivity index (χ1) is 9.47. The Balaban J connectivity index is 2.23. The molecule has 1 aromatic heterocycles. The van der Waals surface area contributed by atoms with Crippen molar-refractivity contribution in [3.63, 3.8) is 0 Å². The monoisotopic (exact) mass is 275 g/mol. The number of aliphatic hydroxyl groups is 1. The summed E-state index contributed by atoms with van der Waals surface area (Å²) >= 11 is 0. The molecule has 0 bridgehead atoms. The van der Waals surface area contributed by atoms with Gasteiger partial charge in [-0.15, -0.1) is 0 Å². The molecule has 1 atom stereocenters. The minimum absolute atomic E-state index is 0.159. The van der Waals surface area contributed by atoms with Crippen molar-refractivity contribution in [2.24, 2.45) is 0 Å². The van der Waals surface area contributed by atoms with E-state index in [1.54, 1.807) is 39.1 Å². The van der Waals surface area contributed by atoms with Crippen molar-refractivity contribution in [1.82, 2.24) is 15.0 Å². The zero-order valence-corrected chi connectivity index (χ0v) is 11.7. The number of aliphatic hydroxyl groups excluding tert-OH is 1. The Hall–Kier alpha value is -2.21. The highest BCUT2D eigenvalue weighted by Crippen LogP contribution is 2.18. The van der Waals surface area contributed by atoms with Crippen LogP contribution in [0.15, 0.2) is 28.8 Å². The second kappa shape index (κ2) is 5.83. The fraction of sp³-hybridized carbons (Fsp3) is 0.357. The Kier molecular flexibility index (Phi) is 4.14. The number of aromatic nitrogens is 2. The molecule has 106 valence electrons. The predicted molar refractivity (Wildman–Crippen MR) is 73.1 cm³/mol. The summed E-state index contributed by atoms with van der Waals surface area (Å²) in [6.07, 6.45) is -0.563. The van der Waals surface area contributed by atoms with Crippen molar-refractivity contribution < 1.29 is 14.4 Å². The van der Waals surface area contributed by atoms with E-state index in [1.165, 1.54) is 4.90 Å². The molecule has 2 aromatic rings. The van der Waals surface area contributed by atoms with E-state index in [-0.39, 0.29) is 12.5 Å². The van der Waals surface area contributed by atoms with Crippen molar-refractivity contribution in [3.8, 4) is 11.4 Å². The Bertz CT molecular complexity index is 607. The third-order valence-electron chi connectivity index (χ3n) is 2.78. The maximum atomic E-state index is 12.2. The van der Waals surface area contributed by atoms with Gasteiger partial charge in [0.15, 0.2) is 0 Å². The van der Waals surface area contributed by atoms with E-state index in [2.05, 4.69) is 10.1 Å². The van der Waals surface area contributed by atoms with E-state index in [4.69, 9.17) is 4.52 Å². The van der Waals surface area contributed by atoms with E-state index in [0.29, 0.717) is 17.3 Å². The molecule has 1 heterocycles. The van der Waals surface area contributed by atoms with Crippen LogP contribution < -0.4 is 0 Å². The Morgan fingerprint density at radius 1 is 1.50 bits per heavy atom. The first-order valence-electron chi connectivity index (χ1n) is 6.31. The molecular formula is C14H17N3O3. The van der Waals surface area contributed by atoms with Crippen molar-refractivity contribution in [3.05, 3.63) is 35.7 Å². The van der Waals surface area contributed by atoms with Crippen molar-refractivity contribution in [2.75, 3.05) is 13.6 Å². The Morgan fingerprint density at radius 2 is 2.25 bits per heavy atom. The van der Waals surface area contributed by atoms with E-state index < -0.39 is 6.10 Å². The molecule has 0 aliphatic carbocycles. The topological polar surface area (TPSA) is 79.5 Å². The van der Waals surface area contributed by atoms with Crippen LogP contribution >= 0.6 is 0 Å². The molecule has 6 heteroatoms. The lowest BCUT2D eigenvalue weighted by molar-refractivity contribution is 0.0704. The van der Waals surface area contributed by atoms with Crippen LogP contribution in [0.1, 0.15) is 23.2 Å². The number of carbonyl (C=O) groups excluding carboxylic acids is 1. The van der Waals surface area contributed by atoms with Crippen LogP contribution in [0.5, 0.6) is 0 Å². The molecule has 1 N–H and O–H groups in total. The van der Waals surface area contributed by atoms with Gasteiger partial charge >= 0.3 is 0 Å². The minimum atomic E-state index is -0.563. The second-order valence-electron chi connectivity index (χ2n) is 4.75. The largest absolute Gasteiger partial charge is 0.392 e. The van der Waals surface area contributed by atoms with Gasteiger partial charge in [0.05, 0.1) is 6.10 Å². The summed E-state index contributed by atoms with van der Waals surface area (Å²) in [6, 6.07) is 7.02. The summed E-state index contributed by atoms with van der Waals surface area (Å²) in [5.74, 6) is 0.770. The predicted octanol–water partition coefficient (Wildman–Crippen LogP) is 1.50. The average molecular weight is 275 g/mol. The molecule has 0 radical (unpaired) electrons. The summed E-state index contributed by atoms with van der Waals surface area (Å²) in [5, 5.41) is 13.2. The van der Waals surface area contributed by atoms with Gasteiger partial charge in [-0.3, -0.25) is 4.79 Å². The van der Waals surface area contributed by atoms with E-state index in [1.807, 2.05) is 6.07 Å². The van der Waals surface area contributed by atoms with Crippen molar-refractivity contribution in [2.45, 2.75) is 20.0 Å². The molecule has 1 amide bonds. The number of benzene rings is 1. The zero-order valence-electron chi connectivity index (χ0n) is 11.7. The lowest BCUT2D eigenvalue weighted by Crippen LogP contribution is -2.33. The first-order valence-corrected chi connectivity index (χ1v) is 6.31. The maximum Gasteiger partial charge on any atom is 0.253 e. The fourth-order valence-electron chi connectivity index (χ4n) is 1.91. The zero-order chi connectivity index (χ0) is 14.7. The van der Waals surface area contributed by atoms with Crippen LogP contribution in [0.4, 0.5) is 0 Å². The summed E-state index contributed by atoms with van der Waals surface area (Å²) in [6.45, 7) is 3.63. The van der Waals surface area contributed by atoms with Crippen LogP contribution in [0.2, 0.25) is 0 Å². The summed E-state index contributed by atoms with van der Waals surface area (Å²) in [5.41, 5.74) is 1.24. The van der Waals surface area contributed by atoms with Gasteiger partial charge in [0.2, 0.25) is 11.7 Å². The molecule has 0 aliphatic rings. The fourth-order valence-corrected chi connectivity index (χ4v) is 1.91. The molecular weight excluding hydrogens is 258 g/mol. The molecule has 1 unspecified atom stereocenters. The number of carbonyl (C=O) groups is 1. The molecule has 0 fully saturated rings. The molecule has 2 rings (SSSR count). The highest BCUT2D eigenvalue weighted by molar-refractivity contribution is 5.95. The summed E-state index contributed by atoms with van der Waals surface area (Å²) < 4.78 is 4.93. The highest BCUT2D eigenvalue weighted by Gasteiger charge is 2.15. The SMILES string of the molecule is Cc1nc(-c2cccc(C(=O)N(C)CC(C)O)c2)no1. The Labute approximate surface area is 117 Å². The van der Waals surface area contributed by atoms with Gasteiger partial charge in [0, 0.05) is 31.6 Å². The summed E-state index contributed by atoms with van der Waals surface area (Å²) in [7, 11) is 1.65.